The Bertz CT molecular complexity index is 1310. The number of aromatic amines is 1. The highest BCUT2D eigenvalue weighted by atomic mass is 16.5. The van der Waals surface area contributed by atoms with Gasteiger partial charge in [-0.25, -0.2) is 0 Å². The minimum absolute atomic E-state index is 0.188. The molecular formula is C27H30N4O3. The summed E-state index contributed by atoms with van der Waals surface area (Å²) in [5, 5.41) is 11.7. The molecule has 0 bridgehead atoms. The largest absolute Gasteiger partial charge is 0.501 e. The van der Waals surface area contributed by atoms with E-state index >= 15 is 0 Å². The van der Waals surface area contributed by atoms with E-state index < -0.39 is 0 Å². The first-order valence-electron chi connectivity index (χ1n) is 11.7. The number of aromatic hydroxyl groups is 1. The summed E-state index contributed by atoms with van der Waals surface area (Å²) in [6.45, 7) is 7.15. The normalized spacial score (nSPS) is 21.3. The number of aliphatic imine (C=N–C) groups is 1. The van der Waals surface area contributed by atoms with Crippen molar-refractivity contribution in [2.75, 3.05) is 31.6 Å². The van der Waals surface area contributed by atoms with Gasteiger partial charge in [0.1, 0.15) is 0 Å². The fourth-order valence-corrected chi connectivity index (χ4v) is 4.77. The number of aromatic nitrogens is 1. The number of likely N-dealkylation sites (N-methyl/N-ethyl adjacent to an activating group) is 1. The maximum Gasteiger partial charge on any atom is 0.258 e. The van der Waals surface area contributed by atoms with Gasteiger partial charge in [-0.2, -0.15) is 0 Å². The molecule has 2 aliphatic heterocycles. The van der Waals surface area contributed by atoms with Crippen LogP contribution in [0.3, 0.4) is 0 Å². The predicted molar refractivity (Wildman–Crippen MR) is 137 cm³/mol. The fourth-order valence-electron chi connectivity index (χ4n) is 4.77. The molecule has 0 unspecified atom stereocenters. The summed E-state index contributed by atoms with van der Waals surface area (Å²) in [5.74, 6) is -0.188. The van der Waals surface area contributed by atoms with Crippen molar-refractivity contribution in [3.63, 3.8) is 0 Å². The lowest BCUT2D eigenvalue weighted by atomic mass is 9.99. The minimum Gasteiger partial charge on any atom is -0.501 e. The van der Waals surface area contributed by atoms with E-state index in [4.69, 9.17) is 4.74 Å². The molecule has 2 aliphatic rings. The summed E-state index contributed by atoms with van der Waals surface area (Å²) < 4.78 is 5.37. The van der Waals surface area contributed by atoms with Crippen LogP contribution in [-0.2, 0) is 4.74 Å². The average Bonchev–Trinajstić information content (AvgIpc) is 3.37. The summed E-state index contributed by atoms with van der Waals surface area (Å²) in [5.41, 5.74) is 4.17. The number of H-pyrrole nitrogens is 1. The molecule has 1 aromatic heterocycles. The van der Waals surface area contributed by atoms with E-state index in [-0.39, 0.29) is 11.4 Å². The Labute approximate surface area is 199 Å². The van der Waals surface area contributed by atoms with Crippen LogP contribution in [0.1, 0.15) is 31.4 Å². The molecule has 2 aromatic carbocycles. The highest BCUT2D eigenvalue weighted by molar-refractivity contribution is 6.03. The van der Waals surface area contributed by atoms with Gasteiger partial charge in [0.25, 0.3) is 5.56 Å². The smallest absolute Gasteiger partial charge is 0.258 e. The van der Waals surface area contributed by atoms with E-state index in [1.807, 2.05) is 24.3 Å². The molecule has 5 rings (SSSR count). The Morgan fingerprint density at radius 1 is 1.09 bits per heavy atom. The number of ether oxygens (including phenoxy) is 1. The summed E-state index contributed by atoms with van der Waals surface area (Å²) in [4.78, 5) is 24.4. The maximum absolute atomic E-state index is 12.4. The molecule has 2 N–H and O–H groups in total. The number of anilines is 1. The van der Waals surface area contributed by atoms with Crippen LogP contribution in [0.4, 0.5) is 11.4 Å². The molecule has 7 heteroatoms. The third-order valence-electron chi connectivity index (χ3n) is 7.04. The van der Waals surface area contributed by atoms with Crippen LogP contribution < -0.4 is 10.5 Å². The zero-order valence-corrected chi connectivity index (χ0v) is 19.8. The van der Waals surface area contributed by atoms with Gasteiger partial charge in [0.05, 0.1) is 24.1 Å². The molecule has 7 nitrogen and oxygen atoms in total. The number of hydrogen-bond acceptors (Lipinski definition) is 6. The molecule has 0 saturated carbocycles. The summed E-state index contributed by atoms with van der Waals surface area (Å²) in [6.07, 6.45) is 4.19. The number of pyridine rings is 1. The lowest BCUT2D eigenvalue weighted by Gasteiger charge is -2.43. The van der Waals surface area contributed by atoms with Gasteiger partial charge >= 0.3 is 0 Å². The minimum atomic E-state index is -0.326. The Morgan fingerprint density at radius 3 is 2.50 bits per heavy atom. The Balaban J connectivity index is 1.43. The quantitative estimate of drug-likeness (QED) is 0.571. The fraction of sp³-hybridized carbons (Fsp3) is 0.333. The van der Waals surface area contributed by atoms with Gasteiger partial charge in [-0.15, -0.1) is 0 Å². The van der Waals surface area contributed by atoms with Gasteiger partial charge in [-0.05, 0) is 68.4 Å². The molecular weight excluding hydrogens is 428 g/mol. The second-order valence-corrected chi connectivity index (χ2v) is 9.28. The van der Waals surface area contributed by atoms with E-state index in [9.17, 15) is 9.90 Å². The number of benzene rings is 2. The molecule has 0 amide bonds. The Morgan fingerprint density at radius 2 is 1.82 bits per heavy atom. The van der Waals surface area contributed by atoms with Crippen molar-refractivity contribution in [1.82, 2.24) is 9.88 Å². The van der Waals surface area contributed by atoms with Crippen molar-refractivity contribution in [1.29, 1.82) is 0 Å². The molecule has 0 spiro atoms. The third-order valence-corrected chi connectivity index (χ3v) is 7.04. The second kappa shape index (κ2) is 8.99. The molecule has 3 aromatic rings. The van der Waals surface area contributed by atoms with Crippen LogP contribution in [0.5, 0.6) is 5.88 Å². The van der Waals surface area contributed by atoms with Crippen molar-refractivity contribution < 1.29 is 9.84 Å². The molecule has 1 fully saturated rings. The van der Waals surface area contributed by atoms with Crippen LogP contribution in [0, 0.1) is 0 Å². The standard InChI is InChI=1S/C27H30N4O3/c1-17-14-31(15-18(2)30(17)3)22-7-5-21(6-8-22)28-13-25-24-12-19(20-10-11-34-16-20)4-9-23(24)26(32)29-27(25)33/h4-9,12-13,16-18H,10-11,14-15H2,1-3H3,(H2,29,32,33)/t17-,18+. The van der Waals surface area contributed by atoms with Crippen molar-refractivity contribution >= 4 is 33.9 Å². The topological polar surface area (TPSA) is 81.2 Å². The van der Waals surface area contributed by atoms with E-state index in [1.54, 1.807) is 18.5 Å². The first kappa shape index (κ1) is 22.2. The number of piperazine rings is 1. The van der Waals surface area contributed by atoms with Crippen molar-refractivity contribution in [2.45, 2.75) is 32.4 Å². The van der Waals surface area contributed by atoms with E-state index in [0.717, 1.165) is 36.3 Å². The van der Waals surface area contributed by atoms with Crippen LogP contribution in [0.25, 0.3) is 16.3 Å². The Kier molecular flexibility index (Phi) is 5.87. The molecule has 34 heavy (non-hydrogen) atoms. The van der Waals surface area contributed by atoms with Gasteiger partial charge in [-0.3, -0.25) is 19.7 Å². The molecule has 3 heterocycles. The van der Waals surface area contributed by atoms with Crippen LogP contribution in [-0.4, -0.2) is 60.0 Å². The lowest BCUT2D eigenvalue weighted by molar-refractivity contribution is 0.170. The maximum atomic E-state index is 12.4. The zero-order chi connectivity index (χ0) is 23.8. The van der Waals surface area contributed by atoms with E-state index in [1.165, 1.54) is 5.69 Å². The molecule has 176 valence electrons. The van der Waals surface area contributed by atoms with Gasteiger partial charge in [-0.1, -0.05) is 6.07 Å². The van der Waals surface area contributed by atoms with Crippen molar-refractivity contribution in [3.8, 4) is 5.88 Å². The summed E-state index contributed by atoms with van der Waals surface area (Å²) in [6, 6.07) is 14.8. The van der Waals surface area contributed by atoms with Crippen molar-refractivity contribution in [3.05, 3.63) is 70.2 Å². The Hall–Kier alpha value is -3.58. The molecule has 2 atom stereocenters. The van der Waals surface area contributed by atoms with Crippen LogP contribution in [0.2, 0.25) is 0 Å². The molecule has 0 aliphatic carbocycles. The number of nitrogens with zero attached hydrogens (tertiary/aromatic N) is 3. The number of rotatable bonds is 4. The summed E-state index contributed by atoms with van der Waals surface area (Å²) >= 11 is 0. The van der Waals surface area contributed by atoms with E-state index in [2.05, 4.69) is 52.8 Å². The van der Waals surface area contributed by atoms with Gasteiger partial charge in [0, 0.05) is 54.3 Å². The first-order valence-corrected chi connectivity index (χ1v) is 11.7. The number of fused-ring (bicyclic) bond motifs is 1. The van der Waals surface area contributed by atoms with Crippen molar-refractivity contribution in [2.24, 2.45) is 4.99 Å². The van der Waals surface area contributed by atoms with Gasteiger partial charge < -0.3 is 14.7 Å². The second-order valence-electron chi connectivity index (χ2n) is 9.28. The van der Waals surface area contributed by atoms with Gasteiger partial charge in [0.15, 0.2) is 0 Å². The first-order chi connectivity index (χ1) is 16.4. The zero-order valence-electron chi connectivity index (χ0n) is 19.8. The SMILES string of the molecule is C[C@@H]1CN(c2ccc(N=Cc3c(O)[nH]c(=O)c4ccc(C5=COCC5)cc34)cc2)C[C@H](C)N1C. The average molecular weight is 459 g/mol. The predicted octanol–water partition coefficient (Wildman–Crippen LogP) is 4.27. The molecule has 1 saturated heterocycles. The van der Waals surface area contributed by atoms with Crippen LogP contribution in [0.15, 0.2) is 58.5 Å². The van der Waals surface area contributed by atoms with Crippen LogP contribution >= 0.6 is 0 Å². The summed E-state index contributed by atoms with van der Waals surface area (Å²) in [7, 11) is 2.18. The lowest BCUT2D eigenvalue weighted by Crippen LogP contribution is -2.55. The number of nitrogens with one attached hydrogen (secondary N) is 1. The highest BCUT2D eigenvalue weighted by Gasteiger charge is 2.26. The third kappa shape index (κ3) is 4.19. The number of hydrogen-bond donors (Lipinski definition) is 2. The van der Waals surface area contributed by atoms with Gasteiger partial charge in [0.2, 0.25) is 5.88 Å². The monoisotopic (exact) mass is 458 g/mol. The molecule has 0 radical (unpaired) electrons. The van der Waals surface area contributed by atoms with E-state index in [0.29, 0.717) is 35.0 Å². The highest BCUT2D eigenvalue weighted by Crippen LogP contribution is 2.29.